The maximum atomic E-state index is 10.8. The first-order valence-corrected chi connectivity index (χ1v) is 6.36. The molecule has 0 radical (unpaired) electrons. The van der Waals surface area contributed by atoms with Gasteiger partial charge >= 0.3 is 5.97 Å². The zero-order valence-corrected chi connectivity index (χ0v) is 11.0. The Morgan fingerprint density at radius 1 is 0.810 bits per heavy atom. The number of hydrogen-bond acceptors (Lipinski definition) is 3. The minimum atomic E-state index is -0.966. The third-order valence-electron chi connectivity index (χ3n) is 3.13. The van der Waals surface area contributed by atoms with Crippen molar-refractivity contribution in [2.45, 2.75) is 0 Å². The topological polar surface area (TPSA) is 66.8 Å². The summed E-state index contributed by atoms with van der Waals surface area (Å²) in [4.78, 5) is 10.8. The van der Waals surface area contributed by atoms with Gasteiger partial charge in [-0.15, -0.1) is 0 Å². The molecular formula is C17H12O4. The van der Waals surface area contributed by atoms with Gasteiger partial charge in [0.05, 0.1) is 5.56 Å². The Morgan fingerprint density at radius 2 is 1.43 bits per heavy atom. The number of aromatic hydroxyl groups is 1. The summed E-state index contributed by atoms with van der Waals surface area (Å²) >= 11 is 0. The Kier molecular flexibility index (Phi) is 3.20. The van der Waals surface area contributed by atoms with Gasteiger partial charge in [0.15, 0.2) is 0 Å². The number of carboxylic acids is 1. The summed E-state index contributed by atoms with van der Waals surface area (Å²) in [6, 6.07) is 16.9. The first-order valence-electron chi connectivity index (χ1n) is 6.36. The lowest BCUT2D eigenvalue weighted by Gasteiger charge is -2.07. The van der Waals surface area contributed by atoms with E-state index in [0.717, 1.165) is 10.8 Å². The molecule has 0 heterocycles. The molecule has 21 heavy (non-hydrogen) atoms. The lowest BCUT2D eigenvalue weighted by molar-refractivity contribution is 0.0697. The molecule has 4 heteroatoms. The molecule has 0 aliphatic heterocycles. The van der Waals surface area contributed by atoms with Crippen LogP contribution in [0.2, 0.25) is 0 Å². The molecule has 3 aromatic carbocycles. The monoisotopic (exact) mass is 280 g/mol. The first-order chi connectivity index (χ1) is 10.1. The average Bonchev–Trinajstić information content (AvgIpc) is 2.48. The van der Waals surface area contributed by atoms with Gasteiger partial charge in [0.25, 0.3) is 0 Å². The van der Waals surface area contributed by atoms with E-state index in [4.69, 9.17) is 9.84 Å². The number of rotatable bonds is 3. The van der Waals surface area contributed by atoms with Gasteiger partial charge < -0.3 is 14.9 Å². The van der Waals surface area contributed by atoms with E-state index in [-0.39, 0.29) is 11.3 Å². The number of phenols is 1. The molecule has 0 amide bonds. The van der Waals surface area contributed by atoms with Crippen molar-refractivity contribution in [1.82, 2.24) is 0 Å². The molecule has 4 nitrogen and oxygen atoms in total. The Morgan fingerprint density at radius 3 is 2.14 bits per heavy atom. The van der Waals surface area contributed by atoms with Crippen LogP contribution in [0.1, 0.15) is 10.4 Å². The molecule has 104 valence electrons. The maximum absolute atomic E-state index is 10.8. The molecule has 0 fully saturated rings. The average molecular weight is 280 g/mol. The van der Waals surface area contributed by atoms with Gasteiger partial charge in [0, 0.05) is 0 Å². The van der Waals surface area contributed by atoms with E-state index < -0.39 is 5.97 Å². The highest BCUT2D eigenvalue weighted by atomic mass is 16.5. The summed E-state index contributed by atoms with van der Waals surface area (Å²) in [7, 11) is 0. The maximum Gasteiger partial charge on any atom is 0.335 e. The first kappa shape index (κ1) is 13.0. The van der Waals surface area contributed by atoms with Crippen LogP contribution in [0.3, 0.4) is 0 Å². The SMILES string of the molecule is O=C(O)c1ccc(Oc2ccc3cc(O)ccc3c2)cc1. The smallest absolute Gasteiger partial charge is 0.335 e. The van der Waals surface area contributed by atoms with Gasteiger partial charge in [0.1, 0.15) is 17.2 Å². The lowest BCUT2D eigenvalue weighted by Crippen LogP contribution is -1.95. The van der Waals surface area contributed by atoms with Crippen LogP contribution in [0.25, 0.3) is 10.8 Å². The quantitative estimate of drug-likeness (QED) is 0.760. The molecule has 0 saturated carbocycles. The van der Waals surface area contributed by atoms with Crippen molar-refractivity contribution in [1.29, 1.82) is 0 Å². The van der Waals surface area contributed by atoms with Gasteiger partial charge in [-0.1, -0.05) is 12.1 Å². The Bertz CT molecular complexity index is 807. The number of carboxylic acid groups (broad SMARTS) is 1. The fraction of sp³-hybridized carbons (Fsp3) is 0. The van der Waals surface area contributed by atoms with Crippen LogP contribution in [-0.4, -0.2) is 16.2 Å². The molecule has 0 aliphatic rings. The molecule has 2 N–H and O–H groups in total. The standard InChI is InChI=1S/C17H12O4/c18-14-5-1-13-10-16(8-4-12(13)9-14)21-15-6-2-11(3-7-15)17(19)20/h1-10,18H,(H,19,20). The van der Waals surface area contributed by atoms with E-state index in [1.807, 2.05) is 18.2 Å². The Labute approximate surface area is 120 Å². The predicted octanol–water partition coefficient (Wildman–Crippen LogP) is 4.04. The number of phenolic OH excluding ortho intramolecular Hbond substituents is 1. The van der Waals surface area contributed by atoms with Crippen LogP contribution < -0.4 is 4.74 Å². The van der Waals surface area contributed by atoms with Crippen molar-refractivity contribution < 1.29 is 19.7 Å². The molecule has 0 atom stereocenters. The molecule has 0 bridgehead atoms. The molecule has 0 spiro atoms. The number of ether oxygens (including phenoxy) is 1. The minimum Gasteiger partial charge on any atom is -0.508 e. The van der Waals surface area contributed by atoms with Gasteiger partial charge in [0.2, 0.25) is 0 Å². The number of benzene rings is 3. The van der Waals surface area contributed by atoms with Gasteiger partial charge in [-0.3, -0.25) is 0 Å². The predicted molar refractivity (Wildman–Crippen MR) is 79.1 cm³/mol. The highest BCUT2D eigenvalue weighted by molar-refractivity contribution is 5.87. The summed E-state index contributed by atoms with van der Waals surface area (Å²) in [5.41, 5.74) is 0.219. The third-order valence-corrected chi connectivity index (χ3v) is 3.13. The summed E-state index contributed by atoms with van der Waals surface area (Å²) in [6.45, 7) is 0. The Hall–Kier alpha value is -3.01. The number of hydrogen-bond donors (Lipinski definition) is 2. The van der Waals surface area contributed by atoms with Crippen LogP contribution in [-0.2, 0) is 0 Å². The highest BCUT2D eigenvalue weighted by Crippen LogP contribution is 2.27. The van der Waals surface area contributed by atoms with Gasteiger partial charge in [-0.2, -0.15) is 0 Å². The van der Waals surface area contributed by atoms with Crippen LogP contribution in [0.15, 0.2) is 60.7 Å². The zero-order valence-electron chi connectivity index (χ0n) is 11.0. The number of fused-ring (bicyclic) bond motifs is 1. The largest absolute Gasteiger partial charge is 0.508 e. The van der Waals surface area contributed by atoms with E-state index >= 15 is 0 Å². The molecule has 3 rings (SSSR count). The summed E-state index contributed by atoms with van der Waals surface area (Å²) < 4.78 is 5.70. The normalized spacial score (nSPS) is 10.5. The van der Waals surface area contributed by atoms with E-state index in [9.17, 15) is 9.90 Å². The minimum absolute atomic E-state index is 0.219. The second kappa shape index (κ2) is 5.17. The third kappa shape index (κ3) is 2.79. The van der Waals surface area contributed by atoms with Crippen molar-refractivity contribution in [2.75, 3.05) is 0 Å². The second-order valence-electron chi connectivity index (χ2n) is 4.62. The van der Waals surface area contributed by atoms with E-state index in [0.29, 0.717) is 11.5 Å². The van der Waals surface area contributed by atoms with Crippen molar-refractivity contribution in [3.8, 4) is 17.2 Å². The molecule has 0 aromatic heterocycles. The van der Waals surface area contributed by atoms with Crippen LogP contribution in [0.4, 0.5) is 0 Å². The zero-order chi connectivity index (χ0) is 14.8. The van der Waals surface area contributed by atoms with E-state index in [1.54, 1.807) is 30.3 Å². The van der Waals surface area contributed by atoms with Crippen molar-refractivity contribution >= 4 is 16.7 Å². The van der Waals surface area contributed by atoms with Crippen LogP contribution in [0.5, 0.6) is 17.2 Å². The summed E-state index contributed by atoms with van der Waals surface area (Å²) in [6.07, 6.45) is 0. The Balaban J connectivity index is 1.87. The fourth-order valence-electron chi connectivity index (χ4n) is 2.08. The second-order valence-corrected chi connectivity index (χ2v) is 4.62. The molecule has 0 aliphatic carbocycles. The van der Waals surface area contributed by atoms with Gasteiger partial charge in [-0.25, -0.2) is 4.79 Å². The summed E-state index contributed by atoms with van der Waals surface area (Å²) in [5.74, 6) is 0.474. The fourth-order valence-corrected chi connectivity index (χ4v) is 2.08. The highest BCUT2D eigenvalue weighted by Gasteiger charge is 2.04. The molecule has 0 saturated heterocycles. The van der Waals surface area contributed by atoms with E-state index in [2.05, 4.69) is 0 Å². The van der Waals surface area contributed by atoms with E-state index in [1.165, 1.54) is 12.1 Å². The van der Waals surface area contributed by atoms with Crippen molar-refractivity contribution in [3.63, 3.8) is 0 Å². The van der Waals surface area contributed by atoms with Crippen molar-refractivity contribution in [2.24, 2.45) is 0 Å². The molecule has 3 aromatic rings. The number of carbonyl (C=O) groups is 1. The number of aromatic carboxylic acids is 1. The van der Waals surface area contributed by atoms with Crippen molar-refractivity contribution in [3.05, 3.63) is 66.2 Å². The summed E-state index contributed by atoms with van der Waals surface area (Å²) in [5, 5.41) is 20.1. The van der Waals surface area contributed by atoms with Gasteiger partial charge in [-0.05, 0) is 59.3 Å². The molecular weight excluding hydrogens is 268 g/mol. The lowest BCUT2D eigenvalue weighted by atomic mass is 10.1. The van der Waals surface area contributed by atoms with Crippen LogP contribution >= 0.6 is 0 Å². The molecule has 0 unspecified atom stereocenters. The van der Waals surface area contributed by atoms with Crippen LogP contribution in [0, 0.1) is 0 Å².